The van der Waals surface area contributed by atoms with Crippen LogP contribution >= 0.6 is 11.3 Å². The van der Waals surface area contributed by atoms with Crippen LogP contribution in [-0.2, 0) is 19.4 Å². The number of rotatable bonds is 3. The highest BCUT2D eigenvalue weighted by Gasteiger charge is 2.17. The molecule has 0 atom stereocenters. The van der Waals surface area contributed by atoms with Crippen LogP contribution < -0.4 is 10.5 Å². The van der Waals surface area contributed by atoms with Crippen LogP contribution in [0.4, 0.5) is 5.13 Å². The van der Waals surface area contributed by atoms with Crippen molar-refractivity contribution in [2.24, 2.45) is 0 Å². The number of thiazole rings is 1. The van der Waals surface area contributed by atoms with Gasteiger partial charge in [-0.3, -0.25) is 4.90 Å². The van der Waals surface area contributed by atoms with Gasteiger partial charge in [0.2, 0.25) is 0 Å². The average molecular weight is 289 g/mol. The average Bonchev–Trinajstić information content (AvgIpc) is 2.75. The first kappa shape index (κ1) is 13.4. The highest BCUT2D eigenvalue weighted by atomic mass is 32.1. The molecule has 0 radical (unpaired) electrons. The smallest absolute Gasteiger partial charge is 0.180 e. The SMILES string of the molecule is COc1cccc2c1CCN(Cc1cnc(N)s1)CC2. The number of hydrogen-bond acceptors (Lipinski definition) is 5. The second kappa shape index (κ2) is 5.81. The zero-order valence-electron chi connectivity index (χ0n) is 11.6. The zero-order chi connectivity index (χ0) is 13.9. The quantitative estimate of drug-likeness (QED) is 0.942. The number of nitrogens with two attached hydrogens (primary N) is 1. The second-order valence-corrected chi connectivity index (χ2v) is 6.19. The van der Waals surface area contributed by atoms with Crippen LogP contribution in [0.2, 0.25) is 0 Å². The number of hydrogen-bond donors (Lipinski definition) is 1. The molecule has 1 aliphatic heterocycles. The fourth-order valence-corrected chi connectivity index (χ4v) is 3.48. The second-order valence-electron chi connectivity index (χ2n) is 5.04. The van der Waals surface area contributed by atoms with Gasteiger partial charge in [0.05, 0.1) is 7.11 Å². The van der Waals surface area contributed by atoms with Crippen LogP contribution in [-0.4, -0.2) is 30.1 Å². The number of fused-ring (bicyclic) bond motifs is 1. The minimum absolute atomic E-state index is 0.653. The number of methoxy groups -OCH3 is 1. The van der Waals surface area contributed by atoms with E-state index in [1.807, 2.05) is 6.20 Å². The maximum Gasteiger partial charge on any atom is 0.180 e. The third-order valence-corrected chi connectivity index (χ3v) is 4.59. The molecule has 1 aromatic heterocycles. The first-order valence-corrected chi connectivity index (χ1v) is 7.65. The molecule has 2 N–H and O–H groups in total. The van der Waals surface area contributed by atoms with E-state index in [4.69, 9.17) is 10.5 Å². The Hall–Kier alpha value is -1.59. The molecule has 0 amide bonds. The van der Waals surface area contributed by atoms with Gasteiger partial charge in [-0.1, -0.05) is 12.1 Å². The molecule has 106 valence electrons. The van der Waals surface area contributed by atoms with Crippen LogP contribution in [0, 0.1) is 0 Å². The summed E-state index contributed by atoms with van der Waals surface area (Å²) in [4.78, 5) is 7.82. The Labute approximate surface area is 123 Å². The first-order valence-electron chi connectivity index (χ1n) is 6.83. The largest absolute Gasteiger partial charge is 0.496 e. The van der Waals surface area contributed by atoms with E-state index in [9.17, 15) is 0 Å². The summed E-state index contributed by atoms with van der Waals surface area (Å²) >= 11 is 1.58. The first-order chi connectivity index (χ1) is 9.76. The van der Waals surface area contributed by atoms with Gasteiger partial charge in [0, 0.05) is 30.7 Å². The molecule has 0 aliphatic carbocycles. The van der Waals surface area contributed by atoms with Crippen LogP contribution in [0.3, 0.4) is 0 Å². The van der Waals surface area contributed by atoms with E-state index >= 15 is 0 Å². The standard InChI is InChI=1S/C15H19N3OS/c1-19-14-4-2-3-11-5-7-18(8-6-13(11)14)10-12-9-17-15(16)20-12/h2-4,9H,5-8,10H2,1H3,(H2,16,17). The fourth-order valence-electron chi connectivity index (χ4n) is 2.75. The molecular weight excluding hydrogens is 270 g/mol. The number of aromatic nitrogens is 1. The molecule has 0 saturated heterocycles. The van der Waals surface area contributed by atoms with Crippen molar-refractivity contribution in [3.8, 4) is 5.75 Å². The van der Waals surface area contributed by atoms with E-state index in [0.29, 0.717) is 5.13 Å². The summed E-state index contributed by atoms with van der Waals surface area (Å²) in [6.07, 6.45) is 3.99. The molecule has 5 heteroatoms. The summed E-state index contributed by atoms with van der Waals surface area (Å²) < 4.78 is 5.48. The van der Waals surface area contributed by atoms with Gasteiger partial charge in [0.15, 0.2) is 5.13 Å². The van der Waals surface area contributed by atoms with Gasteiger partial charge < -0.3 is 10.5 Å². The Kier molecular flexibility index (Phi) is 3.89. The Morgan fingerprint density at radius 2 is 2.20 bits per heavy atom. The van der Waals surface area contributed by atoms with Gasteiger partial charge in [-0.05, 0) is 30.0 Å². The third-order valence-electron chi connectivity index (χ3n) is 3.78. The van der Waals surface area contributed by atoms with Crippen molar-refractivity contribution in [1.82, 2.24) is 9.88 Å². The molecule has 0 spiro atoms. The maximum atomic E-state index is 5.69. The van der Waals surface area contributed by atoms with E-state index in [1.54, 1.807) is 18.4 Å². The van der Waals surface area contributed by atoms with E-state index < -0.39 is 0 Å². The Morgan fingerprint density at radius 3 is 2.95 bits per heavy atom. The van der Waals surface area contributed by atoms with Crippen LogP contribution in [0.5, 0.6) is 5.75 Å². The minimum Gasteiger partial charge on any atom is -0.496 e. The minimum atomic E-state index is 0.653. The van der Waals surface area contributed by atoms with Crippen molar-refractivity contribution in [3.05, 3.63) is 40.4 Å². The predicted molar refractivity (Wildman–Crippen MR) is 82.2 cm³/mol. The monoisotopic (exact) mass is 289 g/mol. The van der Waals surface area contributed by atoms with Gasteiger partial charge in [-0.15, -0.1) is 11.3 Å². The summed E-state index contributed by atoms with van der Waals surface area (Å²) in [6, 6.07) is 6.35. The lowest BCUT2D eigenvalue weighted by atomic mass is 10.0. The molecule has 2 aromatic rings. The topological polar surface area (TPSA) is 51.4 Å². The van der Waals surface area contributed by atoms with E-state index in [0.717, 1.165) is 38.2 Å². The molecule has 3 rings (SSSR count). The van der Waals surface area contributed by atoms with Crippen molar-refractivity contribution in [3.63, 3.8) is 0 Å². The number of nitrogens with zero attached hydrogens (tertiary/aromatic N) is 2. The molecule has 4 nitrogen and oxygen atoms in total. The summed E-state index contributed by atoms with van der Waals surface area (Å²) in [5.41, 5.74) is 8.47. The number of ether oxygens (including phenoxy) is 1. The number of benzene rings is 1. The van der Waals surface area contributed by atoms with Crippen molar-refractivity contribution in [2.75, 3.05) is 25.9 Å². The van der Waals surface area contributed by atoms with E-state index in [1.165, 1.54) is 16.0 Å². The molecule has 2 heterocycles. The molecule has 0 saturated carbocycles. The van der Waals surface area contributed by atoms with E-state index in [-0.39, 0.29) is 0 Å². The van der Waals surface area contributed by atoms with Crippen molar-refractivity contribution in [1.29, 1.82) is 0 Å². The Balaban J connectivity index is 1.72. The summed E-state index contributed by atoms with van der Waals surface area (Å²) in [7, 11) is 1.75. The lowest BCUT2D eigenvalue weighted by Gasteiger charge is -2.18. The van der Waals surface area contributed by atoms with Crippen LogP contribution in [0.25, 0.3) is 0 Å². The fraction of sp³-hybridized carbons (Fsp3) is 0.400. The molecule has 1 aliphatic rings. The van der Waals surface area contributed by atoms with Crippen molar-refractivity contribution >= 4 is 16.5 Å². The highest BCUT2D eigenvalue weighted by Crippen LogP contribution is 2.26. The lowest BCUT2D eigenvalue weighted by molar-refractivity contribution is 0.281. The van der Waals surface area contributed by atoms with Gasteiger partial charge in [-0.2, -0.15) is 0 Å². The third kappa shape index (κ3) is 2.78. The Morgan fingerprint density at radius 1 is 1.35 bits per heavy atom. The van der Waals surface area contributed by atoms with Gasteiger partial charge in [-0.25, -0.2) is 4.98 Å². The Bertz CT molecular complexity index is 597. The molecule has 20 heavy (non-hydrogen) atoms. The van der Waals surface area contributed by atoms with Crippen LogP contribution in [0.1, 0.15) is 16.0 Å². The molecular formula is C15H19N3OS. The number of nitrogen functional groups attached to an aromatic ring is 1. The summed E-state index contributed by atoms with van der Waals surface area (Å²) in [6.45, 7) is 3.05. The zero-order valence-corrected chi connectivity index (χ0v) is 12.4. The van der Waals surface area contributed by atoms with Gasteiger partial charge >= 0.3 is 0 Å². The van der Waals surface area contributed by atoms with Gasteiger partial charge in [0.25, 0.3) is 0 Å². The summed E-state index contributed by atoms with van der Waals surface area (Å²) in [5, 5.41) is 0.653. The summed E-state index contributed by atoms with van der Waals surface area (Å²) in [5.74, 6) is 1.02. The molecule has 0 unspecified atom stereocenters. The maximum absolute atomic E-state index is 5.69. The van der Waals surface area contributed by atoms with Crippen LogP contribution in [0.15, 0.2) is 24.4 Å². The molecule has 0 bridgehead atoms. The molecule has 1 aromatic carbocycles. The van der Waals surface area contributed by atoms with Crippen molar-refractivity contribution in [2.45, 2.75) is 19.4 Å². The predicted octanol–water partition coefficient (Wildman–Crippen LogP) is 2.33. The number of anilines is 1. The normalized spacial score (nSPS) is 15.7. The van der Waals surface area contributed by atoms with Crippen molar-refractivity contribution < 1.29 is 4.74 Å². The lowest BCUT2D eigenvalue weighted by Crippen LogP contribution is -2.25. The van der Waals surface area contributed by atoms with Gasteiger partial charge in [0.1, 0.15) is 5.75 Å². The van der Waals surface area contributed by atoms with E-state index in [2.05, 4.69) is 28.1 Å². The molecule has 0 fully saturated rings. The highest BCUT2D eigenvalue weighted by molar-refractivity contribution is 7.15.